The molecule has 0 aromatic carbocycles. The molecular weight excluding hydrogens is 393 g/mol. The summed E-state index contributed by atoms with van der Waals surface area (Å²) in [6.45, 7) is 3.42. The number of fused-ring (bicyclic) bond motifs is 1. The van der Waals surface area contributed by atoms with E-state index in [-0.39, 0.29) is 30.7 Å². The molecule has 0 spiro atoms. The second-order valence-corrected chi connectivity index (χ2v) is 6.60. The third-order valence-electron chi connectivity index (χ3n) is 3.88. The van der Waals surface area contributed by atoms with E-state index in [1.54, 1.807) is 16.0 Å². The van der Waals surface area contributed by atoms with E-state index in [0.29, 0.717) is 12.1 Å². The molecule has 2 N–H and O–H groups in total. The average molecular weight is 416 g/mol. The minimum absolute atomic E-state index is 0. The molecule has 0 atom stereocenters. The molecule has 0 bridgehead atoms. The molecule has 26 heavy (non-hydrogen) atoms. The topological polar surface area (TPSA) is 71.8 Å². The summed E-state index contributed by atoms with van der Waals surface area (Å²) in [5.74, 6) is -0.0765. The van der Waals surface area contributed by atoms with Gasteiger partial charge in [0, 0.05) is 13.6 Å². The highest BCUT2D eigenvalue weighted by Gasteiger charge is 2.19. The fraction of sp³-hybridized carbons (Fsp3) is 0.353. The van der Waals surface area contributed by atoms with Gasteiger partial charge in [-0.15, -0.1) is 36.2 Å². The number of nitrogens with one attached hydrogen (secondary N) is 2. The molecule has 3 heterocycles. The third kappa shape index (κ3) is 4.54. The monoisotopic (exact) mass is 415 g/mol. The first-order valence-electron chi connectivity index (χ1n) is 7.93. The van der Waals surface area contributed by atoms with Gasteiger partial charge in [-0.2, -0.15) is 5.10 Å². The van der Waals surface area contributed by atoms with Gasteiger partial charge >= 0.3 is 0 Å². The van der Waals surface area contributed by atoms with Crippen molar-refractivity contribution >= 4 is 53.1 Å². The van der Waals surface area contributed by atoms with Crippen LogP contribution in [-0.4, -0.2) is 40.8 Å². The number of rotatable bonds is 6. The normalized spacial score (nSPS) is 10.3. The molecule has 0 aliphatic carbocycles. The van der Waals surface area contributed by atoms with Crippen LogP contribution in [0.3, 0.4) is 0 Å². The third-order valence-corrected chi connectivity index (χ3v) is 4.77. The molecule has 0 saturated carbocycles. The van der Waals surface area contributed by atoms with Crippen molar-refractivity contribution in [1.82, 2.24) is 25.4 Å². The first-order valence-corrected chi connectivity index (χ1v) is 8.81. The summed E-state index contributed by atoms with van der Waals surface area (Å²) in [5, 5.41) is 13.3. The lowest BCUT2D eigenvalue weighted by atomic mass is 10.1. The summed E-state index contributed by atoms with van der Waals surface area (Å²) in [6.07, 6.45) is 0.889. The van der Waals surface area contributed by atoms with Crippen molar-refractivity contribution in [3.05, 3.63) is 34.8 Å². The molecule has 0 saturated heterocycles. The van der Waals surface area contributed by atoms with Crippen LogP contribution in [0.25, 0.3) is 21.6 Å². The predicted molar refractivity (Wildman–Crippen MR) is 112 cm³/mol. The van der Waals surface area contributed by atoms with Crippen molar-refractivity contribution in [3.63, 3.8) is 0 Å². The van der Waals surface area contributed by atoms with Crippen molar-refractivity contribution < 1.29 is 4.79 Å². The van der Waals surface area contributed by atoms with Crippen molar-refractivity contribution in [2.24, 2.45) is 7.05 Å². The Morgan fingerprint density at radius 2 is 2.08 bits per heavy atom. The summed E-state index contributed by atoms with van der Waals surface area (Å²) in [7, 11) is 3.76. The number of thiophene rings is 1. The van der Waals surface area contributed by atoms with Crippen LogP contribution >= 0.6 is 36.2 Å². The summed E-state index contributed by atoms with van der Waals surface area (Å²) in [6, 6.07) is 5.87. The minimum atomic E-state index is -0.0765. The molecule has 6 nitrogen and oxygen atoms in total. The maximum absolute atomic E-state index is 12.7. The average Bonchev–Trinajstić information content (AvgIpc) is 3.20. The van der Waals surface area contributed by atoms with Crippen LogP contribution in [0.1, 0.15) is 22.5 Å². The summed E-state index contributed by atoms with van der Waals surface area (Å²) in [5.41, 5.74) is 3.00. The van der Waals surface area contributed by atoms with Crippen molar-refractivity contribution in [1.29, 1.82) is 0 Å². The van der Waals surface area contributed by atoms with Gasteiger partial charge in [0.2, 0.25) is 0 Å². The first-order chi connectivity index (χ1) is 11.6. The SMILES string of the molecule is CNCCCNC(=O)c1cc(-c2cccs2)nc2c1c(C)nn2C.Cl.Cl. The number of hydrogen-bond acceptors (Lipinski definition) is 5. The zero-order valence-corrected chi connectivity index (χ0v) is 17.4. The van der Waals surface area contributed by atoms with Crippen LogP contribution in [0.4, 0.5) is 0 Å². The molecule has 3 rings (SSSR count). The maximum Gasteiger partial charge on any atom is 0.252 e. The summed E-state index contributed by atoms with van der Waals surface area (Å²) >= 11 is 1.61. The number of carbonyl (C=O) groups excluding carboxylic acids is 1. The molecule has 3 aromatic heterocycles. The number of amides is 1. The van der Waals surface area contributed by atoms with Crippen LogP contribution in [-0.2, 0) is 7.05 Å². The first kappa shape index (κ1) is 22.4. The molecule has 0 radical (unpaired) electrons. The summed E-state index contributed by atoms with van der Waals surface area (Å²) < 4.78 is 1.74. The molecule has 0 aliphatic heterocycles. The Morgan fingerprint density at radius 1 is 1.31 bits per heavy atom. The Bertz CT molecular complexity index is 864. The number of pyridine rings is 1. The van der Waals surface area contributed by atoms with Gasteiger partial charge in [0.25, 0.3) is 5.91 Å². The standard InChI is InChI=1S/C17H21N5OS.2ClH/c1-11-15-12(17(23)19-8-5-7-18-2)10-13(14-6-4-9-24-14)20-16(15)22(3)21-11;;/h4,6,9-10,18H,5,7-8H2,1-3H3,(H,19,23);2*1H. The van der Waals surface area contributed by atoms with Crippen LogP contribution in [0.2, 0.25) is 0 Å². The van der Waals surface area contributed by atoms with Gasteiger partial charge in [-0.05, 0) is 44.4 Å². The van der Waals surface area contributed by atoms with Crippen molar-refractivity contribution in [2.45, 2.75) is 13.3 Å². The van der Waals surface area contributed by atoms with Gasteiger partial charge in [-0.1, -0.05) is 6.07 Å². The van der Waals surface area contributed by atoms with Gasteiger partial charge in [0.05, 0.1) is 27.2 Å². The van der Waals surface area contributed by atoms with Gasteiger partial charge in [-0.3, -0.25) is 9.48 Å². The van der Waals surface area contributed by atoms with Gasteiger partial charge < -0.3 is 10.6 Å². The number of aromatic nitrogens is 3. The Kier molecular flexibility index (Phi) is 8.49. The predicted octanol–water partition coefficient (Wildman–Crippen LogP) is 3.19. The fourth-order valence-corrected chi connectivity index (χ4v) is 3.42. The Balaban J connectivity index is 0.00000169. The number of halogens is 2. The smallest absolute Gasteiger partial charge is 0.252 e. The van der Waals surface area contributed by atoms with Gasteiger partial charge in [-0.25, -0.2) is 4.98 Å². The lowest BCUT2D eigenvalue weighted by molar-refractivity contribution is 0.0955. The van der Waals surface area contributed by atoms with Gasteiger partial charge in [0.1, 0.15) is 0 Å². The van der Waals surface area contributed by atoms with E-state index in [1.807, 2.05) is 44.6 Å². The van der Waals surface area contributed by atoms with Crippen LogP contribution in [0.15, 0.2) is 23.6 Å². The second-order valence-electron chi connectivity index (χ2n) is 5.65. The number of hydrogen-bond donors (Lipinski definition) is 2. The highest BCUT2D eigenvalue weighted by Crippen LogP contribution is 2.29. The zero-order valence-electron chi connectivity index (χ0n) is 14.9. The van der Waals surface area contributed by atoms with E-state index in [4.69, 9.17) is 4.98 Å². The molecule has 142 valence electrons. The second kappa shape index (κ2) is 9.87. The Labute approximate surface area is 169 Å². The molecular formula is C17H23Cl2N5OS. The number of nitrogens with zero attached hydrogens (tertiary/aromatic N) is 3. The molecule has 9 heteroatoms. The lowest BCUT2D eigenvalue weighted by Crippen LogP contribution is -2.27. The van der Waals surface area contributed by atoms with Crippen LogP contribution in [0, 0.1) is 6.92 Å². The van der Waals surface area contributed by atoms with Gasteiger partial charge in [0.15, 0.2) is 5.65 Å². The molecule has 0 aliphatic rings. The van der Waals surface area contributed by atoms with Crippen molar-refractivity contribution in [3.8, 4) is 10.6 Å². The quantitative estimate of drug-likeness (QED) is 0.606. The maximum atomic E-state index is 12.7. The van der Waals surface area contributed by atoms with E-state index in [2.05, 4.69) is 15.7 Å². The number of aryl methyl sites for hydroxylation is 2. The molecule has 0 fully saturated rings. The fourth-order valence-electron chi connectivity index (χ4n) is 2.74. The van der Waals surface area contributed by atoms with Crippen LogP contribution in [0.5, 0.6) is 0 Å². The highest BCUT2D eigenvalue weighted by atomic mass is 35.5. The molecule has 0 unspecified atom stereocenters. The highest BCUT2D eigenvalue weighted by molar-refractivity contribution is 7.13. The van der Waals surface area contributed by atoms with Crippen molar-refractivity contribution in [2.75, 3.05) is 20.1 Å². The van der Waals surface area contributed by atoms with E-state index in [0.717, 1.165) is 40.3 Å². The van der Waals surface area contributed by atoms with E-state index < -0.39 is 0 Å². The van der Waals surface area contributed by atoms with E-state index in [9.17, 15) is 4.79 Å². The number of carbonyl (C=O) groups is 1. The minimum Gasteiger partial charge on any atom is -0.352 e. The Hall–Kier alpha value is -1.67. The molecule has 1 amide bonds. The van der Waals surface area contributed by atoms with E-state index >= 15 is 0 Å². The summed E-state index contributed by atoms with van der Waals surface area (Å²) in [4.78, 5) is 18.5. The largest absolute Gasteiger partial charge is 0.352 e. The van der Waals surface area contributed by atoms with E-state index in [1.165, 1.54) is 0 Å². The molecule has 3 aromatic rings. The van der Waals surface area contributed by atoms with Crippen LogP contribution < -0.4 is 10.6 Å². The zero-order chi connectivity index (χ0) is 17.1. The Morgan fingerprint density at radius 3 is 2.73 bits per heavy atom. The lowest BCUT2D eigenvalue weighted by Gasteiger charge is -2.08.